The number of benzene rings is 2. The third-order valence-electron chi connectivity index (χ3n) is 4.82. The van der Waals surface area contributed by atoms with Crippen LogP contribution in [0.2, 0.25) is 5.02 Å². The van der Waals surface area contributed by atoms with Crippen LogP contribution in [0, 0.1) is 0 Å². The van der Waals surface area contributed by atoms with E-state index < -0.39 is 11.4 Å². The van der Waals surface area contributed by atoms with Crippen LogP contribution in [-0.2, 0) is 10.2 Å². The SMILES string of the molecule is COc1ccc2c(c1)C1(C(=O)O)CC2c2ccc(Cl)cc21. The lowest BCUT2D eigenvalue weighted by molar-refractivity contribution is -0.141. The quantitative estimate of drug-likeness (QED) is 0.922. The summed E-state index contributed by atoms with van der Waals surface area (Å²) in [6, 6.07) is 11.3. The number of hydrogen-bond acceptors (Lipinski definition) is 2. The van der Waals surface area contributed by atoms with E-state index in [1.54, 1.807) is 13.2 Å². The summed E-state index contributed by atoms with van der Waals surface area (Å²) in [5, 5.41) is 10.5. The number of halogens is 1. The zero-order valence-corrected chi connectivity index (χ0v) is 12.1. The molecule has 0 saturated heterocycles. The van der Waals surface area contributed by atoms with Crippen LogP contribution in [0.4, 0.5) is 0 Å². The maximum Gasteiger partial charge on any atom is 0.318 e. The summed E-state index contributed by atoms with van der Waals surface area (Å²) < 4.78 is 5.26. The van der Waals surface area contributed by atoms with Crippen molar-refractivity contribution < 1.29 is 14.6 Å². The Labute approximate surface area is 127 Å². The molecule has 0 heterocycles. The minimum Gasteiger partial charge on any atom is -0.497 e. The summed E-state index contributed by atoms with van der Waals surface area (Å²) in [7, 11) is 1.59. The molecule has 2 atom stereocenters. The second kappa shape index (κ2) is 4.01. The van der Waals surface area contributed by atoms with Crippen LogP contribution in [0.1, 0.15) is 34.6 Å². The fraction of sp³-hybridized carbons (Fsp3) is 0.235. The van der Waals surface area contributed by atoms with Crippen molar-refractivity contribution in [1.29, 1.82) is 0 Å². The molecule has 2 unspecified atom stereocenters. The summed E-state index contributed by atoms with van der Waals surface area (Å²) in [5.41, 5.74) is 2.85. The number of carbonyl (C=O) groups is 1. The highest BCUT2D eigenvalue weighted by Crippen LogP contribution is 2.61. The van der Waals surface area contributed by atoms with Gasteiger partial charge in [0.15, 0.2) is 0 Å². The molecule has 2 bridgehead atoms. The lowest BCUT2D eigenvalue weighted by Crippen LogP contribution is -2.33. The first-order valence-corrected chi connectivity index (χ1v) is 7.17. The lowest BCUT2D eigenvalue weighted by Gasteiger charge is -2.27. The molecule has 0 saturated carbocycles. The number of carboxylic acid groups (broad SMARTS) is 1. The van der Waals surface area contributed by atoms with Crippen LogP contribution >= 0.6 is 11.6 Å². The number of rotatable bonds is 2. The van der Waals surface area contributed by atoms with Crippen molar-refractivity contribution in [1.82, 2.24) is 0 Å². The summed E-state index contributed by atoms with van der Waals surface area (Å²) in [4.78, 5) is 12.1. The van der Waals surface area contributed by atoms with Gasteiger partial charge in [-0.3, -0.25) is 4.79 Å². The molecule has 2 aliphatic carbocycles. The molecule has 21 heavy (non-hydrogen) atoms. The Morgan fingerprint density at radius 3 is 2.57 bits per heavy atom. The van der Waals surface area contributed by atoms with Gasteiger partial charge in [-0.2, -0.15) is 0 Å². The van der Waals surface area contributed by atoms with Crippen LogP contribution in [0.15, 0.2) is 36.4 Å². The largest absolute Gasteiger partial charge is 0.497 e. The Bertz CT molecular complexity index is 784. The van der Waals surface area contributed by atoms with E-state index in [1.165, 1.54) is 0 Å². The van der Waals surface area contributed by atoms with E-state index in [0.29, 0.717) is 17.2 Å². The Morgan fingerprint density at radius 1 is 1.24 bits per heavy atom. The second-order valence-electron chi connectivity index (χ2n) is 5.65. The predicted molar refractivity (Wildman–Crippen MR) is 79.3 cm³/mol. The number of carboxylic acids is 1. The van der Waals surface area contributed by atoms with Gasteiger partial charge in [-0.25, -0.2) is 0 Å². The molecule has 4 heteroatoms. The summed E-state index contributed by atoms with van der Waals surface area (Å²) in [6.07, 6.45) is 0.570. The number of fused-ring (bicyclic) bond motifs is 8. The molecule has 0 aromatic heterocycles. The van der Waals surface area contributed by atoms with E-state index in [-0.39, 0.29) is 5.92 Å². The van der Waals surface area contributed by atoms with Crippen molar-refractivity contribution in [2.75, 3.05) is 7.11 Å². The monoisotopic (exact) mass is 300 g/mol. The highest BCUT2D eigenvalue weighted by atomic mass is 35.5. The summed E-state index contributed by atoms with van der Waals surface area (Å²) >= 11 is 6.10. The average Bonchev–Trinajstić information content (AvgIpc) is 2.99. The van der Waals surface area contributed by atoms with Gasteiger partial charge in [0.2, 0.25) is 0 Å². The maximum atomic E-state index is 12.1. The van der Waals surface area contributed by atoms with Crippen LogP contribution < -0.4 is 4.74 Å². The van der Waals surface area contributed by atoms with Gasteiger partial charge in [-0.1, -0.05) is 23.7 Å². The van der Waals surface area contributed by atoms with Gasteiger partial charge in [0.25, 0.3) is 0 Å². The third kappa shape index (κ3) is 1.42. The molecule has 0 spiro atoms. The molecule has 4 rings (SSSR count). The van der Waals surface area contributed by atoms with Crippen molar-refractivity contribution >= 4 is 17.6 Å². The van der Waals surface area contributed by atoms with Gasteiger partial charge in [0.05, 0.1) is 7.11 Å². The molecule has 106 valence electrons. The third-order valence-corrected chi connectivity index (χ3v) is 5.06. The van der Waals surface area contributed by atoms with Crippen LogP contribution in [-0.4, -0.2) is 18.2 Å². The standard InChI is InChI=1S/C17H13ClO3/c1-21-10-3-5-12-13-8-17(16(19)20,15(12)7-10)14-6-9(18)2-4-11(13)14/h2-7,13H,8H2,1H3,(H,19,20). The average molecular weight is 301 g/mol. The molecule has 2 aromatic carbocycles. The maximum absolute atomic E-state index is 12.1. The van der Waals surface area contributed by atoms with Crippen LogP contribution in [0.5, 0.6) is 5.75 Å². The molecule has 0 fully saturated rings. The Kier molecular flexibility index (Phi) is 2.43. The highest BCUT2D eigenvalue weighted by Gasteiger charge is 2.57. The smallest absolute Gasteiger partial charge is 0.318 e. The van der Waals surface area contributed by atoms with Crippen LogP contribution in [0.3, 0.4) is 0 Å². The normalized spacial score (nSPS) is 24.6. The van der Waals surface area contributed by atoms with Crippen molar-refractivity contribution in [2.24, 2.45) is 0 Å². The zero-order chi connectivity index (χ0) is 14.8. The molecule has 3 nitrogen and oxygen atoms in total. The van der Waals surface area contributed by atoms with E-state index >= 15 is 0 Å². The first-order valence-electron chi connectivity index (χ1n) is 6.79. The zero-order valence-electron chi connectivity index (χ0n) is 11.4. The minimum absolute atomic E-state index is 0.134. The molecule has 2 aromatic rings. The number of hydrogen-bond donors (Lipinski definition) is 1. The molecule has 0 radical (unpaired) electrons. The van der Waals surface area contributed by atoms with E-state index in [4.69, 9.17) is 16.3 Å². The van der Waals surface area contributed by atoms with Gasteiger partial charge < -0.3 is 9.84 Å². The Morgan fingerprint density at radius 2 is 1.90 bits per heavy atom. The fourth-order valence-corrected chi connectivity index (χ4v) is 4.09. The molecule has 0 aliphatic heterocycles. The molecule has 1 N–H and O–H groups in total. The lowest BCUT2D eigenvalue weighted by atomic mass is 9.75. The topological polar surface area (TPSA) is 46.5 Å². The fourth-order valence-electron chi connectivity index (χ4n) is 3.91. The van der Waals surface area contributed by atoms with Crippen LogP contribution in [0.25, 0.3) is 0 Å². The van der Waals surface area contributed by atoms with E-state index in [0.717, 1.165) is 22.3 Å². The van der Waals surface area contributed by atoms with E-state index in [9.17, 15) is 9.90 Å². The van der Waals surface area contributed by atoms with Gasteiger partial charge >= 0.3 is 5.97 Å². The number of methoxy groups -OCH3 is 1. The molecular formula is C17H13ClO3. The molecule has 2 aliphatic rings. The van der Waals surface area contributed by atoms with Crippen molar-refractivity contribution in [3.8, 4) is 5.75 Å². The second-order valence-corrected chi connectivity index (χ2v) is 6.09. The van der Waals surface area contributed by atoms with Crippen molar-refractivity contribution in [3.05, 3.63) is 63.7 Å². The summed E-state index contributed by atoms with van der Waals surface area (Å²) in [6.45, 7) is 0. The first-order chi connectivity index (χ1) is 10.1. The van der Waals surface area contributed by atoms with Gasteiger partial charge in [-0.05, 0) is 52.9 Å². The molecule has 0 amide bonds. The van der Waals surface area contributed by atoms with Crippen molar-refractivity contribution in [3.63, 3.8) is 0 Å². The van der Waals surface area contributed by atoms with E-state index in [1.807, 2.05) is 30.3 Å². The summed E-state index contributed by atoms with van der Waals surface area (Å²) in [5.74, 6) is 0.000274. The number of ether oxygens (including phenoxy) is 1. The molecular weight excluding hydrogens is 288 g/mol. The van der Waals surface area contributed by atoms with Gasteiger partial charge in [0.1, 0.15) is 11.2 Å². The predicted octanol–water partition coefficient (Wildman–Crippen LogP) is 3.57. The van der Waals surface area contributed by atoms with Crippen molar-refractivity contribution in [2.45, 2.75) is 17.8 Å². The first kappa shape index (κ1) is 12.7. The van der Waals surface area contributed by atoms with E-state index in [2.05, 4.69) is 0 Å². The highest BCUT2D eigenvalue weighted by molar-refractivity contribution is 6.30. The Balaban J connectivity index is 2.05. The number of aliphatic carboxylic acids is 1. The Hall–Kier alpha value is -2.00. The minimum atomic E-state index is -0.991. The van der Waals surface area contributed by atoms with Gasteiger partial charge in [0, 0.05) is 10.9 Å². The van der Waals surface area contributed by atoms with Gasteiger partial charge in [-0.15, -0.1) is 0 Å².